The summed E-state index contributed by atoms with van der Waals surface area (Å²) in [4.78, 5) is 39.3. The SMILES string of the molecule is C[C@H]1Cc2ccccc2N1C(=O)c1ccc(=O)n(CCC(=O)Nc2cccc(Cl)c2)n1. The average molecular weight is 437 g/mol. The van der Waals surface area contributed by atoms with Gasteiger partial charge in [0.25, 0.3) is 11.5 Å². The number of carbonyl (C=O) groups is 2. The summed E-state index contributed by atoms with van der Waals surface area (Å²) in [6.45, 7) is 2.03. The molecule has 0 saturated heterocycles. The Kier molecular flexibility index (Phi) is 5.86. The van der Waals surface area contributed by atoms with E-state index in [9.17, 15) is 14.4 Å². The summed E-state index contributed by atoms with van der Waals surface area (Å²) in [5.74, 6) is -0.552. The van der Waals surface area contributed by atoms with Gasteiger partial charge in [-0.05, 0) is 49.2 Å². The lowest BCUT2D eigenvalue weighted by atomic mass is 10.1. The summed E-state index contributed by atoms with van der Waals surface area (Å²) in [5.41, 5.74) is 2.33. The third-order valence-electron chi connectivity index (χ3n) is 5.17. The summed E-state index contributed by atoms with van der Waals surface area (Å²) in [7, 11) is 0. The van der Waals surface area contributed by atoms with Crippen LogP contribution in [0.15, 0.2) is 65.5 Å². The van der Waals surface area contributed by atoms with Crippen molar-refractivity contribution < 1.29 is 9.59 Å². The highest BCUT2D eigenvalue weighted by atomic mass is 35.5. The van der Waals surface area contributed by atoms with Crippen molar-refractivity contribution in [1.29, 1.82) is 0 Å². The minimum Gasteiger partial charge on any atom is -0.326 e. The highest BCUT2D eigenvalue weighted by molar-refractivity contribution is 6.30. The largest absolute Gasteiger partial charge is 0.326 e. The number of carbonyl (C=O) groups excluding carboxylic acids is 2. The molecule has 1 aliphatic rings. The summed E-state index contributed by atoms with van der Waals surface area (Å²) in [6.07, 6.45) is 0.797. The van der Waals surface area contributed by atoms with Crippen LogP contribution in [0, 0.1) is 0 Å². The van der Waals surface area contributed by atoms with Gasteiger partial charge in [0.1, 0.15) is 5.69 Å². The first kappa shape index (κ1) is 20.8. The number of amides is 2. The third-order valence-corrected chi connectivity index (χ3v) is 5.41. The van der Waals surface area contributed by atoms with Crippen LogP contribution >= 0.6 is 11.6 Å². The molecule has 1 aromatic heterocycles. The number of benzene rings is 2. The zero-order chi connectivity index (χ0) is 22.0. The molecular formula is C23H21ClN4O3. The van der Waals surface area contributed by atoms with Crippen molar-refractivity contribution in [2.24, 2.45) is 0 Å². The average Bonchev–Trinajstić information content (AvgIpc) is 3.08. The smallest absolute Gasteiger partial charge is 0.278 e. The number of rotatable bonds is 5. The van der Waals surface area contributed by atoms with E-state index in [1.54, 1.807) is 29.2 Å². The zero-order valence-electron chi connectivity index (χ0n) is 16.9. The Labute approximate surface area is 184 Å². The summed E-state index contributed by atoms with van der Waals surface area (Å²) in [6, 6.07) is 17.3. The van der Waals surface area contributed by atoms with Gasteiger partial charge in [-0.2, -0.15) is 5.10 Å². The molecule has 31 heavy (non-hydrogen) atoms. The molecule has 2 heterocycles. The van der Waals surface area contributed by atoms with Crippen molar-refractivity contribution in [3.05, 3.63) is 87.3 Å². The molecule has 1 atom stereocenters. The van der Waals surface area contributed by atoms with Crippen molar-refractivity contribution in [1.82, 2.24) is 9.78 Å². The number of para-hydroxylation sites is 1. The zero-order valence-corrected chi connectivity index (χ0v) is 17.7. The van der Waals surface area contributed by atoms with Crippen LogP contribution in [0.25, 0.3) is 0 Å². The normalized spacial score (nSPS) is 14.9. The molecule has 1 N–H and O–H groups in total. The first-order valence-electron chi connectivity index (χ1n) is 9.97. The molecule has 0 radical (unpaired) electrons. The fraction of sp³-hybridized carbons (Fsp3) is 0.217. The van der Waals surface area contributed by atoms with E-state index in [-0.39, 0.29) is 42.1 Å². The van der Waals surface area contributed by atoms with Gasteiger partial charge in [0.05, 0.1) is 6.54 Å². The number of hydrogen-bond acceptors (Lipinski definition) is 4. The third kappa shape index (κ3) is 4.51. The lowest BCUT2D eigenvalue weighted by molar-refractivity contribution is -0.116. The fourth-order valence-corrected chi connectivity index (χ4v) is 3.91. The predicted octanol–water partition coefficient (Wildman–Crippen LogP) is 3.52. The molecule has 2 aromatic carbocycles. The Bertz CT molecular complexity index is 1210. The quantitative estimate of drug-likeness (QED) is 0.663. The van der Waals surface area contributed by atoms with Crippen LogP contribution < -0.4 is 15.8 Å². The first-order valence-corrected chi connectivity index (χ1v) is 10.4. The van der Waals surface area contributed by atoms with Gasteiger partial charge in [-0.1, -0.05) is 35.9 Å². The van der Waals surface area contributed by atoms with E-state index in [0.29, 0.717) is 10.7 Å². The number of fused-ring (bicyclic) bond motifs is 1. The molecule has 0 saturated carbocycles. The Balaban J connectivity index is 1.48. The number of aromatic nitrogens is 2. The number of aryl methyl sites for hydroxylation is 1. The van der Waals surface area contributed by atoms with Gasteiger partial charge in [-0.15, -0.1) is 0 Å². The van der Waals surface area contributed by atoms with E-state index < -0.39 is 0 Å². The predicted molar refractivity (Wildman–Crippen MR) is 120 cm³/mol. The van der Waals surface area contributed by atoms with Crippen LogP contribution in [0.1, 0.15) is 29.4 Å². The van der Waals surface area contributed by atoms with Crippen molar-refractivity contribution >= 4 is 34.8 Å². The molecule has 3 aromatic rings. The summed E-state index contributed by atoms with van der Waals surface area (Å²) in [5, 5.41) is 7.47. The minimum absolute atomic E-state index is 0.00412. The molecule has 1 aliphatic heterocycles. The van der Waals surface area contributed by atoms with Crippen molar-refractivity contribution in [3.63, 3.8) is 0 Å². The van der Waals surface area contributed by atoms with Crippen LogP contribution in [-0.2, 0) is 17.8 Å². The summed E-state index contributed by atoms with van der Waals surface area (Å²) >= 11 is 5.92. The van der Waals surface area contributed by atoms with E-state index in [1.165, 1.54) is 12.1 Å². The molecule has 0 bridgehead atoms. The highest BCUT2D eigenvalue weighted by Crippen LogP contribution is 2.32. The molecule has 0 spiro atoms. The Morgan fingerprint density at radius 2 is 1.94 bits per heavy atom. The lowest BCUT2D eigenvalue weighted by Gasteiger charge is -2.22. The molecular weight excluding hydrogens is 416 g/mol. The Morgan fingerprint density at radius 1 is 1.13 bits per heavy atom. The molecule has 8 heteroatoms. The number of nitrogens with one attached hydrogen (secondary N) is 1. The standard InChI is InChI=1S/C23H21ClN4O3/c1-15-13-16-5-2-3-8-20(16)28(15)23(31)19-9-10-22(30)27(26-19)12-11-21(29)25-18-7-4-6-17(24)14-18/h2-10,14-15H,11-13H2,1H3,(H,25,29)/t15-/m0/s1. The van der Waals surface area contributed by atoms with Crippen molar-refractivity contribution in [3.8, 4) is 0 Å². The maximum atomic E-state index is 13.2. The maximum absolute atomic E-state index is 13.2. The second-order valence-electron chi connectivity index (χ2n) is 7.45. The van der Waals surface area contributed by atoms with E-state index >= 15 is 0 Å². The van der Waals surface area contributed by atoms with Gasteiger partial charge in [0, 0.05) is 34.9 Å². The Hall–Kier alpha value is -3.45. The fourth-order valence-electron chi connectivity index (χ4n) is 3.72. The van der Waals surface area contributed by atoms with Gasteiger partial charge < -0.3 is 10.2 Å². The lowest BCUT2D eigenvalue weighted by Crippen LogP contribution is -2.37. The second kappa shape index (κ2) is 8.73. The van der Waals surface area contributed by atoms with Gasteiger partial charge in [-0.3, -0.25) is 14.4 Å². The van der Waals surface area contributed by atoms with Gasteiger partial charge in [-0.25, -0.2) is 4.68 Å². The monoisotopic (exact) mass is 436 g/mol. The van der Waals surface area contributed by atoms with E-state index in [2.05, 4.69) is 10.4 Å². The molecule has 158 valence electrons. The van der Waals surface area contributed by atoms with Crippen LogP contribution in [0.3, 0.4) is 0 Å². The van der Waals surface area contributed by atoms with Crippen LogP contribution in [0.2, 0.25) is 5.02 Å². The first-order chi connectivity index (χ1) is 14.9. The molecule has 0 aliphatic carbocycles. The second-order valence-corrected chi connectivity index (χ2v) is 7.88. The maximum Gasteiger partial charge on any atom is 0.278 e. The van der Waals surface area contributed by atoms with Gasteiger partial charge >= 0.3 is 0 Å². The van der Waals surface area contributed by atoms with Crippen LogP contribution in [0.5, 0.6) is 0 Å². The van der Waals surface area contributed by atoms with Crippen molar-refractivity contribution in [2.45, 2.75) is 32.4 Å². The van der Waals surface area contributed by atoms with Gasteiger partial charge in [0.15, 0.2) is 0 Å². The molecule has 0 fully saturated rings. The highest BCUT2D eigenvalue weighted by Gasteiger charge is 2.32. The number of halogens is 1. The molecule has 2 amide bonds. The van der Waals surface area contributed by atoms with E-state index in [0.717, 1.165) is 22.4 Å². The van der Waals surface area contributed by atoms with Crippen LogP contribution in [0.4, 0.5) is 11.4 Å². The minimum atomic E-state index is -0.373. The molecule has 4 rings (SSSR count). The van der Waals surface area contributed by atoms with Gasteiger partial charge in [0.2, 0.25) is 5.91 Å². The number of hydrogen-bond donors (Lipinski definition) is 1. The number of anilines is 2. The molecule has 7 nitrogen and oxygen atoms in total. The Morgan fingerprint density at radius 3 is 2.74 bits per heavy atom. The number of nitrogens with zero attached hydrogens (tertiary/aromatic N) is 3. The molecule has 0 unspecified atom stereocenters. The summed E-state index contributed by atoms with van der Waals surface area (Å²) < 4.78 is 1.15. The van der Waals surface area contributed by atoms with Crippen molar-refractivity contribution in [2.75, 3.05) is 10.2 Å². The topological polar surface area (TPSA) is 84.3 Å². The van der Waals surface area contributed by atoms with E-state index in [1.807, 2.05) is 31.2 Å². The van der Waals surface area contributed by atoms with E-state index in [4.69, 9.17) is 11.6 Å². The van der Waals surface area contributed by atoms with Crippen LogP contribution in [-0.4, -0.2) is 27.6 Å².